The Balaban J connectivity index is 1.90. The number of nitrogens with two attached hydrogens (primary N) is 1. The van der Waals surface area contributed by atoms with Crippen molar-refractivity contribution in [3.8, 4) is 0 Å². The molecule has 1 aromatic carbocycles. The summed E-state index contributed by atoms with van der Waals surface area (Å²) in [6.07, 6.45) is 0. The van der Waals surface area contributed by atoms with Crippen LogP contribution in [-0.2, 0) is 11.3 Å². The van der Waals surface area contributed by atoms with Crippen molar-refractivity contribution in [1.29, 1.82) is 0 Å². The third-order valence-electron chi connectivity index (χ3n) is 3.98. The molecule has 0 aromatic heterocycles. The molecule has 0 bridgehead atoms. The number of likely N-dealkylation sites (N-methyl/N-ethyl adjacent to an activating group) is 1. The molecule has 0 aliphatic carbocycles. The summed E-state index contributed by atoms with van der Waals surface area (Å²) in [4.78, 5) is 18.5. The van der Waals surface area contributed by atoms with Gasteiger partial charge in [0, 0.05) is 38.4 Å². The molecular weight excluding hydrogens is 264 g/mol. The second-order valence-electron chi connectivity index (χ2n) is 6.08. The number of nitrogens with zero attached hydrogens (tertiary/aromatic N) is 3. The molecule has 1 amide bonds. The third kappa shape index (κ3) is 4.44. The number of benzene rings is 1. The Bertz CT molecular complexity index is 501. The van der Waals surface area contributed by atoms with Gasteiger partial charge in [-0.15, -0.1) is 0 Å². The smallest absolute Gasteiger partial charge is 0.236 e. The normalized spacial score (nSPS) is 16.8. The van der Waals surface area contributed by atoms with Gasteiger partial charge in [-0.3, -0.25) is 9.69 Å². The molecule has 2 N–H and O–H groups in total. The number of aryl methyl sites for hydroxylation is 1. The molecule has 0 unspecified atom stereocenters. The number of carbonyl (C=O) groups excluding carboxylic acids is 1. The van der Waals surface area contributed by atoms with E-state index in [1.165, 1.54) is 11.1 Å². The molecule has 0 radical (unpaired) electrons. The van der Waals surface area contributed by atoms with Crippen LogP contribution in [0.4, 0.5) is 5.69 Å². The molecule has 116 valence electrons. The van der Waals surface area contributed by atoms with Gasteiger partial charge in [0.25, 0.3) is 0 Å². The van der Waals surface area contributed by atoms with Gasteiger partial charge in [-0.25, -0.2) is 0 Å². The Morgan fingerprint density at radius 1 is 1.29 bits per heavy atom. The summed E-state index contributed by atoms with van der Waals surface area (Å²) in [5, 5.41) is 0. The van der Waals surface area contributed by atoms with Crippen LogP contribution in [0.1, 0.15) is 11.1 Å². The first-order chi connectivity index (χ1) is 9.95. The highest BCUT2D eigenvalue weighted by molar-refractivity contribution is 5.79. The maximum atomic E-state index is 12.2. The van der Waals surface area contributed by atoms with Gasteiger partial charge in [0.2, 0.25) is 5.91 Å². The van der Waals surface area contributed by atoms with E-state index in [9.17, 15) is 4.79 Å². The number of hydrogen-bond donors (Lipinski definition) is 1. The van der Waals surface area contributed by atoms with Gasteiger partial charge in [0.05, 0.1) is 6.54 Å². The molecule has 1 aromatic rings. The van der Waals surface area contributed by atoms with E-state index in [4.69, 9.17) is 5.73 Å². The maximum Gasteiger partial charge on any atom is 0.236 e. The van der Waals surface area contributed by atoms with E-state index in [2.05, 4.69) is 16.7 Å². The van der Waals surface area contributed by atoms with Crippen molar-refractivity contribution in [2.75, 3.05) is 52.6 Å². The van der Waals surface area contributed by atoms with Crippen LogP contribution in [0, 0.1) is 6.92 Å². The molecule has 1 aliphatic rings. The van der Waals surface area contributed by atoms with Crippen molar-refractivity contribution >= 4 is 11.6 Å². The quantitative estimate of drug-likeness (QED) is 0.814. The molecule has 1 aliphatic heterocycles. The van der Waals surface area contributed by atoms with Crippen molar-refractivity contribution in [1.82, 2.24) is 14.7 Å². The van der Waals surface area contributed by atoms with Crippen molar-refractivity contribution in [2.45, 2.75) is 13.5 Å². The SMILES string of the molecule is Cc1ccc(N)cc1CN1CCN(CCN(C)C)C(=O)C1. The predicted octanol–water partition coefficient (Wildman–Crippen LogP) is 0.783. The Labute approximate surface area is 127 Å². The molecule has 1 fully saturated rings. The minimum atomic E-state index is 0.227. The zero-order valence-electron chi connectivity index (χ0n) is 13.3. The Kier molecular flexibility index (Phi) is 5.20. The van der Waals surface area contributed by atoms with Crippen molar-refractivity contribution < 1.29 is 4.79 Å². The molecule has 0 spiro atoms. The van der Waals surface area contributed by atoms with Crippen LogP contribution in [0.25, 0.3) is 0 Å². The van der Waals surface area contributed by atoms with E-state index < -0.39 is 0 Å². The summed E-state index contributed by atoms with van der Waals surface area (Å²) in [5.74, 6) is 0.227. The topological polar surface area (TPSA) is 52.8 Å². The first-order valence-electron chi connectivity index (χ1n) is 7.45. The molecular formula is C16H26N4O. The Morgan fingerprint density at radius 2 is 2.05 bits per heavy atom. The Hall–Kier alpha value is -1.59. The summed E-state index contributed by atoms with van der Waals surface area (Å²) < 4.78 is 0. The van der Waals surface area contributed by atoms with Crippen molar-refractivity contribution in [3.63, 3.8) is 0 Å². The highest BCUT2D eigenvalue weighted by atomic mass is 16.2. The summed E-state index contributed by atoms with van der Waals surface area (Å²) in [6, 6.07) is 5.97. The minimum absolute atomic E-state index is 0.227. The fourth-order valence-corrected chi connectivity index (χ4v) is 2.55. The van der Waals surface area contributed by atoms with Crippen LogP contribution < -0.4 is 5.73 Å². The second-order valence-corrected chi connectivity index (χ2v) is 6.08. The van der Waals surface area contributed by atoms with E-state index in [1.807, 2.05) is 37.2 Å². The first-order valence-corrected chi connectivity index (χ1v) is 7.45. The zero-order valence-corrected chi connectivity index (χ0v) is 13.3. The van der Waals surface area contributed by atoms with Crippen LogP contribution in [0.15, 0.2) is 18.2 Å². The highest BCUT2D eigenvalue weighted by Crippen LogP contribution is 2.16. The number of amides is 1. The van der Waals surface area contributed by atoms with Gasteiger partial charge in [-0.1, -0.05) is 6.07 Å². The van der Waals surface area contributed by atoms with E-state index in [1.54, 1.807) is 0 Å². The third-order valence-corrected chi connectivity index (χ3v) is 3.98. The first kappa shape index (κ1) is 15.8. The van der Waals surface area contributed by atoms with Crippen LogP contribution in [0.5, 0.6) is 0 Å². The number of hydrogen-bond acceptors (Lipinski definition) is 4. The Morgan fingerprint density at radius 3 is 2.71 bits per heavy atom. The molecule has 1 heterocycles. The lowest BCUT2D eigenvalue weighted by molar-refractivity contribution is -0.136. The van der Waals surface area contributed by atoms with Crippen molar-refractivity contribution in [3.05, 3.63) is 29.3 Å². The lowest BCUT2D eigenvalue weighted by atomic mass is 10.1. The predicted molar refractivity (Wildman–Crippen MR) is 86.0 cm³/mol. The molecule has 21 heavy (non-hydrogen) atoms. The summed E-state index contributed by atoms with van der Waals surface area (Å²) in [5.41, 5.74) is 9.08. The molecule has 0 atom stereocenters. The number of piperazine rings is 1. The number of carbonyl (C=O) groups is 1. The van der Waals surface area contributed by atoms with Gasteiger partial charge in [-0.05, 0) is 44.3 Å². The van der Waals surface area contributed by atoms with Crippen LogP contribution in [0.3, 0.4) is 0 Å². The second kappa shape index (κ2) is 6.91. The monoisotopic (exact) mass is 290 g/mol. The standard InChI is InChI=1S/C16H26N4O/c1-13-4-5-15(17)10-14(13)11-19-7-9-20(16(21)12-19)8-6-18(2)3/h4-5,10H,6-9,11-12,17H2,1-3H3. The van der Waals surface area contributed by atoms with E-state index >= 15 is 0 Å². The van der Waals surface area contributed by atoms with E-state index in [-0.39, 0.29) is 5.91 Å². The van der Waals surface area contributed by atoms with Crippen LogP contribution in [-0.4, -0.2) is 67.4 Å². The van der Waals surface area contributed by atoms with Gasteiger partial charge < -0.3 is 15.5 Å². The summed E-state index contributed by atoms with van der Waals surface area (Å²) in [6.45, 7) is 6.86. The van der Waals surface area contributed by atoms with Gasteiger partial charge >= 0.3 is 0 Å². The molecule has 5 nitrogen and oxygen atoms in total. The van der Waals surface area contributed by atoms with E-state index in [0.29, 0.717) is 6.54 Å². The van der Waals surface area contributed by atoms with Crippen LogP contribution in [0.2, 0.25) is 0 Å². The molecule has 0 saturated carbocycles. The van der Waals surface area contributed by atoms with Gasteiger partial charge in [-0.2, -0.15) is 0 Å². The van der Waals surface area contributed by atoms with Crippen LogP contribution >= 0.6 is 0 Å². The minimum Gasteiger partial charge on any atom is -0.399 e. The van der Waals surface area contributed by atoms with Gasteiger partial charge in [0.15, 0.2) is 0 Å². The van der Waals surface area contributed by atoms with Gasteiger partial charge in [0.1, 0.15) is 0 Å². The average Bonchev–Trinajstić information content (AvgIpc) is 2.42. The lowest BCUT2D eigenvalue weighted by Gasteiger charge is -2.35. The number of nitrogen functional groups attached to an aromatic ring is 1. The maximum absolute atomic E-state index is 12.2. The fourth-order valence-electron chi connectivity index (χ4n) is 2.55. The van der Waals surface area contributed by atoms with E-state index in [0.717, 1.165) is 38.4 Å². The number of anilines is 1. The fraction of sp³-hybridized carbons (Fsp3) is 0.562. The molecule has 5 heteroatoms. The average molecular weight is 290 g/mol. The summed E-state index contributed by atoms with van der Waals surface area (Å²) >= 11 is 0. The molecule has 2 rings (SSSR count). The largest absolute Gasteiger partial charge is 0.399 e. The highest BCUT2D eigenvalue weighted by Gasteiger charge is 2.23. The van der Waals surface area contributed by atoms with Crippen molar-refractivity contribution in [2.24, 2.45) is 0 Å². The zero-order chi connectivity index (χ0) is 15.4. The summed E-state index contributed by atoms with van der Waals surface area (Å²) in [7, 11) is 4.06. The lowest BCUT2D eigenvalue weighted by Crippen LogP contribution is -2.51. The molecule has 1 saturated heterocycles. The number of rotatable bonds is 5.